The topological polar surface area (TPSA) is 58.6 Å². The summed E-state index contributed by atoms with van der Waals surface area (Å²) in [4.78, 5) is 12.2. The van der Waals surface area contributed by atoms with Gasteiger partial charge in [-0.2, -0.15) is 0 Å². The molecule has 1 amide bonds. The van der Waals surface area contributed by atoms with Crippen molar-refractivity contribution < 1.29 is 14.6 Å². The minimum absolute atomic E-state index is 0.0129. The molecule has 1 aromatic rings. The van der Waals surface area contributed by atoms with Crippen LogP contribution in [0.3, 0.4) is 0 Å². The molecule has 116 valence electrons. The van der Waals surface area contributed by atoms with Crippen molar-refractivity contribution in [3.63, 3.8) is 0 Å². The van der Waals surface area contributed by atoms with Gasteiger partial charge in [-0.1, -0.05) is 25.1 Å². The standard InChI is InChI=1S/C17H25NO3/c1-13-6-8-14(9-7-13)17(20)18-12-15-4-2-3-5-16(15)21-11-10-19/h2-5,13-14,19H,6-12H2,1H3,(H,18,20). The molecule has 4 nitrogen and oxygen atoms in total. The van der Waals surface area contributed by atoms with Gasteiger partial charge in [0.2, 0.25) is 5.91 Å². The zero-order valence-electron chi connectivity index (χ0n) is 12.7. The number of ether oxygens (including phenoxy) is 1. The van der Waals surface area contributed by atoms with E-state index < -0.39 is 0 Å². The fourth-order valence-electron chi connectivity index (χ4n) is 2.80. The number of rotatable bonds is 6. The van der Waals surface area contributed by atoms with Crippen LogP contribution in [0, 0.1) is 11.8 Å². The second-order valence-corrected chi connectivity index (χ2v) is 5.85. The Morgan fingerprint density at radius 1 is 1.29 bits per heavy atom. The Bertz CT molecular complexity index is 453. The Balaban J connectivity index is 1.86. The molecular formula is C17H25NO3. The first kappa shape index (κ1) is 15.8. The lowest BCUT2D eigenvalue weighted by molar-refractivity contribution is -0.126. The minimum atomic E-state index is -0.0129. The summed E-state index contributed by atoms with van der Waals surface area (Å²) in [6, 6.07) is 7.62. The minimum Gasteiger partial charge on any atom is -0.491 e. The molecule has 21 heavy (non-hydrogen) atoms. The normalized spacial score (nSPS) is 21.8. The first-order valence-corrected chi connectivity index (χ1v) is 7.80. The van der Waals surface area contributed by atoms with E-state index in [1.807, 2.05) is 24.3 Å². The van der Waals surface area contributed by atoms with E-state index in [1.54, 1.807) is 0 Å². The number of para-hydroxylation sites is 1. The quantitative estimate of drug-likeness (QED) is 0.846. The highest BCUT2D eigenvalue weighted by Gasteiger charge is 2.24. The molecule has 1 aliphatic carbocycles. The molecule has 0 bridgehead atoms. The highest BCUT2D eigenvalue weighted by atomic mass is 16.5. The first-order valence-electron chi connectivity index (χ1n) is 7.80. The number of carbonyl (C=O) groups excluding carboxylic acids is 1. The number of nitrogens with one attached hydrogen (secondary N) is 1. The number of hydrogen-bond acceptors (Lipinski definition) is 3. The molecule has 0 radical (unpaired) electrons. The van der Waals surface area contributed by atoms with Gasteiger partial charge in [0.25, 0.3) is 0 Å². The molecule has 0 heterocycles. The van der Waals surface area contributed by atoms with Gasteiger partial charge in [0.15, 0.2) is 0 Å². The summed E-state index contributed by atoms with van der Waals surface area (Å²) in [6.07, 6.45) is 4.29. The Kier molecular flexibility index (Phi) is 6.05. The lowest BCUT2D eigenvalue weighted by Gasteiger charge is -2.25. The van der Waals surface area contributed by atoms with Gasteiger partial charge >= 0.3 is 0 Å². The average molecular weight is 291 g/mol. The van der Waals surface area contributed by atoms with Crippen molar-refractivity contribution >= 4 is 5.91 Å². The molecule has 0 aliphatic heterocycles. The first-order chi connectivity index (χ1) is 10.2. The maximum atomic E-state index is 12.2. The zero-order valence-corrected chi connectivity index (χ0v) is 12.7. The average Bonchev–Trinajstić information content (AvgIpc) is 2.52. The summed E-state index contributed by atoms with van der Waals surface area (Å²) in [5, 5.41) is 11.9. The molecule has 0 spiro atoms. The number of carbonyl (C=O) groups is 1. The van der Waals surface area contributed by atoms with Crippen LogP contribution in [0.25, 0.3) is 0 Å². The van der Waals surface area contributed by atoms with Gasteiger partial charge in [-0.3, -0.25) is 4.79 Å². The molecule has 1 aliphatic rings. The van der Waals surface area contributed by atoms with Crippen LogP contribution >= 0.6 is 0 Å². The second-order valence-electron chi connectivity index (χ2n) is 5.85. The van der Waals surface area contributed by atoms with Crippen molar-refractivity contribution in [2.24, 2.45) is 11.8 Å². The Hall–Kier alpha value is -1.55. The van der Waals surface area contributed by atoms with Crippen LogP contribution in [0.4, 0.5) is 0 Å². The van der Waals surface area contributed by atoms with Crippen molar-refractivity contribution in [3.8, 4) is 5.75 Å². The molecule has 1 saturated carbocycles. The SMILES string of the molecule is CC1CCC(C(=O)NCc2ccccc2OCCO)CC1. The van der Waals surface area contributed by atoms with Crippen LogP contribution in [-0.2, 0) is 11.3 Å². The fourth-order valence-corrected chi connectivity index (χ4v) is 2.80. The van der Waals surface area contributed by atoms with Gasteiger partial charge in [-0.05, 0) is 37.7 Å². The van der Waals surface area contributed by atoms with Crippen LogP contribution in [-0.4, -0.2) is 24.2 Å². The summed E-state index contributed by atoms with van der Waals surface area (Å²) < 4.78 is 5.48. The largest absolute Gasteiger partial charge is 0.491 e. The third-order valence-electron chi connectivity index (χ3n) is 4.16. The molecule has 2 N–H and O–H groups in total. The number of hydrogen-bond donors (Lipinski definition) is 2. The monoisotopic (exact) mass is 291 g/mol. The fraction of sp³-hybridized carbons (Fsp3) is 0.588. The lowest BCUT2D eigenvalue weighted by atomic mass is 9.82. The summed E-state index contributed by atoms with van der Waals surface area (Å²) in [6.45, 7) is 2.99. The van der Waals surface area contributed by atoms with Crippen LogP contribution < -0.4 is 10.1 Å². The van der Waals surface area contributed by atoms with E-state index in [-0.39, 0.29) is 25.0 Å². The van der Waals surface area contributed by atoms with E-state index in [1.165, 1.54) is 0 Å². The van der Waals surface area contributed by atoms with E-state index >= 15 is 0 Å². The Morgan fingerprint density at radius 3 is 2.71 bits per heavy atom. The highest BCUT2D eigenvalue weighted by molar-refractivity contribution is 5.78. The Labute approximate surface area is 126 Å². The Morgan fingerprint density at radius 2 is 2.00 bits per heavy atom. The van der Waals surface area contributed by atoms with Crippen molar-refractivity contribution in [3.05, 3.63) is 29.8 Å². The highest BCUT2D eigenvalue weighted by Crippen LogP contribution is 2.28. The third kappa shape index (κ3) is 4.74. The number of amides is 1. The van der Waals surface area contributed by atoms with Gasteiger partial charge in [0, 0.05) is 18.0 Å². The lowest BCUT2D eigenvalue weighted by Crippen LogP contribution is -2.32. The molecular weight excluding hydrogens is 266 g/mol. The second kappa shape index (κ2) is 8.03. The zero-order chi connectivity index (χ0) is 15.1. The predicted octanol–water partition coefficient (Wildman–Crippen LogP) is 2.50. The number of aliphatic hydroxyl groups is 1. The van der Waals surface area contributed by atoms with Crippen LogP contribution in [0.1, 0.15) is 38.2 Å². The summed E-state index contributed by atoms with van der Waals surface area (Å²) in [7, 11) is 0. The molecule has 0 aromatic heterocycles. The smallest absolute Gasteiger partial charge is 0.223 e. The van der Waals surface area contributed by atoms with Crippen molar-refractivity contribution in [1.29, 1.82) is 0 Å². The molecule has 0 unspecified atom stereocenters. The summed E-state index contributed by atoms with van der Waals surface area (Å²) >= 11 is 0. The van der Waals surface area contributed by atoms with Crippen molar-refractivity contribution in [1.82, 2.24) is 5.32 Å². The number of aliphatic hydroxyl groups excluding tert-OH is 1. The molecule has 2 rings (SSSR count). The van der Waals surface area contributed by atoms with E-state index in [0.29, 0.717) is 6.54 Å². The molecule has 1 fully saturated rings. The molecule has 1 aromatic carbocycles. The van der Waals surface area contributed by atoms with E-state index in [2.05, 4.69) is 12.2 Å². The predicted molar refractivity (Wildman–Crippen MR) is 82.0 cm³/mol. The number of benzene rings is 1. The van der Waals surface area contributed by atoms with Gasteiger partial charge < -0.3 is 15.2 Å². The van der Waals surface area contributed by atoms with Crippen LogP contribution in [0.15, 0.2) is 24.3 Å². The van der Waals surface area contributed by atoms with Crippen molar-refractivity contribution in [2.75, 3.05) is 13.2 Å². The van der Waals surface area contributed by atoms with Gasteiger partial charge in [0.05, 0.1) is 6.61 Å². The van der Waals surface area contributed by atoms with Gasteiger partial charge in [-0.25, -0.2) is 0 Å². The van der Waals surface area contributed by atoms with Crippen molar-refractivity contribution in [2.45, 2.75) is 39.2 Å². The van der Waals surface area contributed by atoms with Gasteiger partial charge in [0.1, 0.15) is 12.4 Å². The summed E-state index contributed by atoms with van der Waals surface area (Å²) in [5.74, 6) is 1.79. The summed E-state index contributed by atoms with van der Waals surface area (Å²) in [5.41, 5.74) is 0.948. The van der Waals surface area contributed by atoms with Gasteiger partial charge in [-0.15, -0.1) is 0 Å². The van der Waals surface area contributed by atoms with Crippen LogP contribution in [0.5, 0.6) is 5.75 Å². The molecule has 0 saturated heterocycles. The van der Waals surface area contributed by atoms with E-state index in [9.17, 15) is 4.79 Å². The van der Waals surface area contributed by atoms with Crippen LogP contribution in [0.2, 0.25) is 0 Å². The maximum Gasteiger partial charge on any atom is 0.223 e. The third-order valence-corrected chi connectivity index (χ3v) is 4.16. The maximum absolute atomic E-state index is 12.2. The molecule has 4 heteroatoms. The van der Waals surface area contributed by atoms with E-state index in [4.69, 9.17) is 9.84 Å². The molecule has 0 atom stereocenters. The van der Waals surface area contributed by atoms with E-state index in [0.717, 1.165) is 42.9 Å².